The highest BCUT2D eigenvalue weighted by atomic mass is 16.4. The zero-order chi connectivity index (χ0) is 20.3. The third kappa shape index (κ3) is 4.34. The Morgan fingerprint density at radius 3 is 1.96 bits per heavy atom. The first-order valence-electron chi connectivity index (χ1n) is 9.62. The molecule has 0 bridgehead atoms. The van der Waals surface area contributed by atoms with E-state index in [4.69, 9.17) is 10.8 Å². The lowest BCUT2D eigenvalue weighted by molar-refractivity contribution is -0.136. The monoisotopic (exact) mass is 381 g/mol. The van der Waals surface area contributed by atoms with E-state index < -0.39 is 5.97 Å². The molecule has 2 aromatic rings. The van der Waals surface area contributed by atoms with Crippen LogP contribution in [0.15, 0.2) is 48.5 Å². The predicted octanol–water partition coefficient (Wildman–Crippen LogP) is 3.81. The van der Waals surface area contributed by atoms with Crippen molar-refractivity contribution in [3.63, 3.8) is 0 Å². The summed E-state index contributed by atoms with van der Waals surface area (Å²) >= 11 is 0. The molecule has 0 saturated carbocycles. The molecule has 6 nitrogen and oxygen atoms in total. The molecule has 3 N–H and O–H groups in total. The number of carboxylic acid groups (broad SMARTS) is 1. The van der Waals surface area contributed by atoms with Crippen LogP contribution in [-0.2, 0) is 11.2 Å². The van der Waals surface area contributed by atoms with Crippen LogP contribution in [0.5, 0.6) is 0 Å². The second kappa shape index (κ2) is 8.44. The average molecular weight is 381 g/mol. The zero-order valence-electron chi connectivity index (χ0n) is 16.3. The summed E-state index contributed by atoms with van der Waals surface area (Å²) in [5.41, 5.74) is 9.91. The fraction of sp³-hybridized carbons (Fsp3) is 0.364. The molecule has 1 aliphatic rings. The second-order valence-electron chi connectivity index (χ2n) is 7.51. The molecule has 2 aromatic carbocycles. The maximum absolute atomic E-state index is 12.9. The van der Waals surface area contributed by atoms with Crippen molar-refractivity contribution in [3.8, 4) is 0 Å². The fourth-order valence-corrected chi connectivity index (χ4v) is 3.37. The van der Waals surface area contributed by atoms with E-state index in [1.807, 2.05) is 48.5 Å². The van der Waals surface area contributed by atoms with Crippen molar-refractivity contribution in [2.45, 2.75) is 32.7 Å². The molecule has 148 valence electrons. The Morgan fingerprint density at radius 2 is 1.50 bits per heavy atom. The van der Waals surface area contributed by atoms with Gasteiger partial charge >= 0.3 is 12.0 Å². The van der Waals surface area contributed by atoms with Crippen LogP contribution in [0.4, 0.5) is 16.2 Å². The van der Waals surface area contributed by atoms with Gasteiger partial charge in [-0.2, -0.15) is 0 Å². The minimum Gasteiger partial charge on any atom is -0.481 e. The summed E-state index contributed by atoms with van der Waals surface area (Å²) in [5, 5.41) is 8.78. The van der Waals surface area contributed by atoms with Crippen molar-refractivity contribution >= 4 is 23.4 Å². The van der Waals surface area contributed by atoms with Gasteiger partial charge in [-0.25, -0.2) is 4.79 Å². The number of aryl methyl sites for hydroxylation is 1. The zero-order valence-corrected chi connectivity index (χ0v) is 16.3. The van der Waals surface area contributed by atoms with Crippen LogP contribution >= 0.6 is 0 Å². The quantitative estimate of drug-likeness (QED) is 0.764. The summed E-state index contributed by atoms with van der Waals surface area (Å²) in [5.74, 6) is -0.456. The highest BCUT2D eigenvalue weighted by molar-refractivity contribution is 6.06. The maximum atomic E-state index is 12.9. The van der Waals surface area contributed by atoms with E-state index in [0.29, 0.717) is 25.4 Å². The van der Waals surface area contributed by atoms with Crippen molar-refractivity contribution in [3.05, 3.63) is 59.7 Å². The number of anilines is 2. The molecule has 1 fully saturated rings. The van der Waals surface area contributed by atoms with Gasteiger partial charge in [-0.15, -0.1) is 0 Å². The number of nitrogens with zero attached hydrogens (tertiary/aromatic N) is 2. The van der Waals surface area contributed by atoms with Crippen molar-refractivity contribution in [1.82, 2.24) is 0 Å². The second-order valence-corrected chi connectivity index (χ2v) is 7.51. The van der Waals surface area contributed by atoms with Crippen LogP contribution in [0, 0.1) is 5.92 Å². The van der Waals surface area contributed by atoms with E-state index in [2.05, 4.69) is 13.8 Å². The number of benzene rings is 2. The molecule has 0 radical (unpaired) electrons. The first kappa shape index (κ1) is 19.9. The molecule has 6 heteroatoms. The number of urea groups is 1. The molecule has 0 aliphatic carbocycles. The minimum absolute atomic E-state index is 0.0144. The standard InChI is InChI=1S/C22H27N3O3/c1-15(2)21(23)17-6-10-19(11-7-17)25-14-13-24(22(25)28)18-8-3-16(4-9-18)5-12-20(26)27/h3-4,6-11,15,21H,5,12-14,23H2,1-2H3,(H,26,27). The first-order chi connectivity index (χ1) is 13.4. The molecule has 1 saturated heterocycles. The molecule has 28 heavy (non-hydrogen) atoms. The molecule has 1 heterocycles. The van der Waals surface area contributed by atoms with E-state index >= 15 is 0 Å². The number of carbonyl (C=O) groups is 2. The highest BCUT2D eigenvalue weighted by Crippen LogP contribution is 2.27. The van der Waals surface area contributed by atoms with E-state index in [1.165, 1.54) is 0 Å². The third-order valence-corrected chi connectivity index (χ3v) is 5.19. The lowest BCUT2D eigenvalue weighted by Crippen LogP contribution is -2.31. The van der Waals surface area contributed by atoms with Gasteiger partial charge in [0.2, 0.25) is 0 Å². The number of hydrogen-bond acceptors (Lipinski definition) is 3. The lowest BCUT2D eigenvalue weighted by Gasteiger charge is -2.20. The Kier molecular flexibility index (Phi) is 5.99. The predicted molar refractivity (Wildman–Crippen MR) is 111 cm³/mol. The summed E-state index contributed by atoms with van der Waals surface area (Å²) in [6, 6.07) is 15.3. The molecule has 1 unspecified atom stereocenters. The van der Waals surface area contributed by atoms with Crippen molar-refractivity contribution in [2.24, 2.45) is 11.7 Å². The van der Waals surface area contributed by atoms with Crippen LogP contribution in [-0.4, -0.2) is 30.2 Å². The van der Waals surface area contributed by atoms with Gasteiger partial charge in [0.05, 0.1) is 0 Å². The topological polar surface area (TPSA) is 86.9 Å². The van der Waals surface area contributed by atoms with Gasteiger partial charge in [0.25, 0.3) is 0 Å². The molecule has 0 spiro atoms. The summed E-state index contributed by atoms with van der Waals surface area (Å²) in [6.45, 7) is 5.41. The van der Waals surface area contributed by atoms with Crippen molar-refractivity contribution in [2.75, 3.05) is 22.9 Å². The van der Waals surface area contributed by atoms with Gasteiger partial charge in [-0.05, 0) is 47.7 Å². The van der Waals surface area contributed by atoms with Crippen LogP contribution in [0.25, 0.3) is 0 Å². The van der Waals surface area contributed by atoms with Crippen molar-refractivity contribution in [1.29, 1.82) is 0 Å². The fourth-order valence-electron chi connectivity index (χ4n) is 3.37. The SMILES string of the molecule is CC(C)C(N)c1ccc(N2CCN(c3ccc(CCC(=O)O)cc3)C2=O)cc1. The van der Waals surface area contributed by atoms with Crippen LogP contribution in [0.2, 0.25) is 0 Å². The number of carboxylic acids is 1. The molecular formula is C22H27N3O3. The van der Waals surface area contributed by atoms with Gasteiger partial charge in [0.1, 0.15) is 0 Å². The average Bonchev–Trinajstić information content (AvgIpc) is 3.07. The molecule has 1 aliphatic heterocycles. The van der Waals surface area contributed by atoms with Crippen molar-refractivity contribution < 1.29 is 14.7 Å². The van der Waals surface area contributed by atoms with E-state index in [1.54, 1.807) is 9.80 Å². The van der Waals surface area contributed by atoms with Gasteiger partial charge in [0.15, 0.2) is 0 Å². The lowest BCUT2D eigenvalue weighted by atomic mass is 9.97. The molecule has 1 atom stereocenters. The van der Waals surface area contributed by atoms with E-state index in [0.717, 1.165) is 22.5 Å². The Morgan fingerprint density at radius 1 is 1.00 bits per heavy atom. The maximum Gasteiger partial charge on any atom is 0.329 e. The number of carbonyl (C=O) groups excluding carboxylic acids is 1. The van der Waals surface area contributed by atoms with E-state index in [-0.39, 0.29) is 18.5 Å². The summed E-state index contributed by atoms with van der Waals surface area (Å²) in [4.78, 5) is 27.1. The van der Waals surface area contributed by atoms with Gasteiger partial charge < -0.3 is 10.8 Å². The number of rotatable bonds is 7. The summed E-state index contributed by atoms with van der Waals surface area (Å²) < 4.78 is 0. The molecule has 2 amide bonds. The Labute approximate surface area is 165 Å². The first-order valence-corrected chi connectivity index (χ1v) is 9.62. The number of aliphatic carboxylic acids is 1. The summed E-state index contributed by atoms with van der Waals surface area (Å²) in [6.07, 6.45) is 0.590. The normalized spacial score (nSPS) is 15.4. The van der Waals surface area contributed by atoms with Crippen LogP contribution in [0.3, 0.4) is 0 Å². The Hall–Kier alpha value is -2.86. The largest absolute Gasteiger partial charge is 0.481 e. The van der Waals surface area contributed by atoms with Crippen LogP contribution in [0.1, 0.15) is 37.4 Å². The third-order valence-electron chi connectivity index (χ3n) is 5.19. The van der Waals surface area contributed by atoms with E-state index in [9.17, 15) is 9.59 Å². The highest BCUT2D eigenvalue weighted by Gasteiger charge is 2.30. The smallest absolute Gasteiger partial charge is 0.329 e. The number of amides is 2. The van der Waals surface area contributed by atoms with Gasteiger partial charge in [-0.1, -0.05) is 38.1 Å². The van der Waals surface area contributed by atoms with Crippen LogP contribution < -0.4 is 15.5 Å². The van der Waals surface area contributed by atoms with Gasteiger partial charge in [0, 0.05) is 36.9 Å². The molecular weight excluding hydrogens is 354 g/mol. The van der Waals surface area contributed by atoms with Gasteiger partial charge in [-0.3, -0.25) is 14.6 Å². The Bertz CT molecular complexity index is 831. The molecule has 0 aromatic heterocycles. The summed E-state index contributed by atoms with van der Waals surface area (Å²) in [7, 11) is 0. The minimum atomic E-state index is -0.810. The number of nitrogens with two attached hydrogens (primary N) is 1. The number of hydrogen-bond donors (Lipinski definition) is 2. The molecule has 3 rings (SSSR count). The Balaban J connectivity index is 1.68.